The van der Waals surface area contributed by atoms with Crippen LogP contribution in [0.2, 0.25) is 0 Å². The van der Waals surface area contributed by atoms with Crippen molar-refractivity contribution in [1.82, 2.24) is 14.9 Å². The van der Waals surface area contributed by atoms with E-state index in [0.29, 0.717) is 6.54 Å². The molecule has 2 aromatic carbocycles. The maximum absolute atomic E-state index is 11.7. The van der Waals surface area contributed by atoms with Crippen LogP contribution in [0, 0.1) is 0 Å². The number of hydrogen-bond acceptors (Lipinski definition) is 3. The minimum absolute atomic E-state index is 0.254. The molecule has 2 N–H and O–H groups in total. The first-order chi connectivity index (χ1) is 12.0. The minimum Gasteiger partial charge on any atom is -0.352 e. The molecule has 0 saturated carbocycles. The molecule has 0 aliphatic heterocycles. The van der Waals surface area contributed by atoms with Crippen molar-refractivity contribution >= 4 is 16.0 Å². The van der Waals surface area contributed by atoms with E-state index in [4.69, 9.17) is 0 Å². The number of sulfonamides is 1. The van der Waals surface area contributed by atoms with Crippen LogP contribution in [0.5, 0.6) is 0 Å². The number of nitrogens with one attached hydrogen (secondary N) is 2. The second-order valence-corrected chi connectivity index (χ2v) is 7.48. The van der Waals surface area contributed by atoms with Gasteiger partial charge in [-0.3, -0.25) is 4.99 Å². The molecule has 0 saturated heterocycles. The van der Waals surface area contributed by atoms with Crippen LogP contribution < -0.4 is 10.0 Å². The van der Waals surface area contributed by atoms with Crippen molar-refractivity contribution in [3.05, 3.63) is 65.7 Å². The number of aliphatic imine (C=N–C) groups is 1. The molecular formula is C18H24N4O2S. The standard InChI is InChI=1S/C18H24N4O2S/c1-19-18(22(3)14-16-7-5-4-6-8-16)21-13-15-9-11-17(12-10-15)25(23,24)20-2/h4-12,20H,13-14H2,1-3H3,(H,19,21). The van der Waals surface area contributed by atoms with Gasteiger partial charge in [0, 0.05) is 27.2 Å². The van der Waals surface area contributed by atoms with Gasteiger partial charge in [-0.1, -0.05) is 42.5 Å². The Bertz CT molecular complexity index is 803. The zero-order chi connectivity index (χ0) is 18.3. The second-order valence-electron chi connectivity index (χ2n) is 5.59. The summed E-state index contributed by atoms with van der Waals surface area (Å²) in [6.07, 6.45) is 0. The lowest BCUT2D eigenvalue weighted by atomic mass is 10.2. The Morgan fingerprint density at radius 1 is 1.04 bits per heavy atom. The largest absolute Gasteiger partial charge is 0.352 e. The predicted octanol–water partition coefficient (Wildman–Crippen LogP) is 1.80. The Labute approximate surface area is 149 Å². The van der Waals surface area contributed by atoms with Crippen molar-refractivity contribution in [3.8, 4) is 0 Å². The van der Waals surface area contributed by atoms with Gasteiger partial charge in [0.25, 0.3) is 0 Å². The summed E-state index contributed by atoms with van der Waals surface area (Å²) in [4.78, 5) is 6.59. The van der Waals surface area contributed by atoms with Gasteiger partial charge in [-0.15, -0.1) is 0 Å². The molecule has 2 aromatic rings. The fourth-order valence-corrected chi connectivity index (χ4v) is 3.13. The lowest BCUT2D eigenvalue weighted by Crippen LogP contribution is -2.38. The first-order valence-corrected chi connectivity index (χ1v) is 9.43. The highest BCUT2D eigenvalue weighted by molar-refractivity contribution is 7.89. The number of benzene rings is 2. The molecule has 0 aromatic heterocycles. The molecule has 134 valence electrons. The number of guanidine groups is 1. The van der Waals surface area contributed by atoms with Gasteiger partial charge < -0.3 is 10.2 Å². The highest BCUT2D eigenvalue weighted by Gasteiger charge is 2.11. The lowest BCUT2D eigenvalue weighted by Gasteiger charge is -2.22. The van der Waals surface area contributed by atoms with Crippen molar-refractivity contribution in [2.45, 2.75) is 18.0 Å². The van der Waals surface area contributed by atoms with E-state index in [1.54, 1.807) is 31.3 Å². The molecule has 0 fully saturated rings. The highest BCUT2D eigenvalue weighted by Crippen LogP contribution is 2.10. The Balaban J connectivity index is 1.96. The molecule has 6 nitrogen and oxygen atoms in total. The molecule has 0 unspecified atom stereocenters. The van der Waals surface area contributed by atoms with Crippen molar-refractivity contribution in [2.75, 3.05) is 21.1 Å². The third kappa shape index (κ3) is 5.30. The number of hydrogen-bond donors (Lipinski definition) is 2. The fraction of sp³-hybridized carbons (Fsp3) is 0.278. The summed E-state index contributed by atoms with van der Waals surface area (Å²) >= 11 is 0. The monoisotopic (exact) mass is 360 g/mol. The van der Waals surface area contributed by atoms with Crippen LogP contribution in [0.25, 0.3) is 0 Å². The van der Waals surface area contributed by atoms with Crippen LogP contribution in [0.15, 0.2) is 64.5 Å². The summed E-state index contributed by atoms with van der Waals surface area (Å²) in [5.74, 6) is 0.774. The van der Waals surface area contributed by atoms with Crippen LogP contribution in [0.3, 0.4) is 0 Å². The summed E-state index contributed by atoms with van der Waals surface area (Å²) in [6.45, 7) is 1.31. The van der Waals surface area contributed by atoms with Crippen LogP contribution in [0.1, 0.15) is 11.1 Å². The van der Waals surface area contributed by atoms with E-state index in [1.807, 2.05) is 30.1 Å². The summed E-state index contributed by atoms with van der Waals surface area (Å²) in [7, 11) is 1.72. The van der Waals surface area contributed by atoms with Gasteiger partial charge in [-0.25, -0.2) is 13.1 Å². The SMILES string of the molecule is CN=C(NCc1ccc(S(=O)(=O)NC)cc1)N(C)Cc1ccccc1. The summed E-state index contributed by atoms with van der Waals surface area (Å²) < 4.78 is 25.8. The molecule has 0 atom stereocenters. The van der Waals surface area contributed by atoms with E-state index in [0.717, 1.165) is 18.1 Å². The third-order valence-corrected chi connectivity index (χ3v) is 5.22. The van der Waals surface area contributed by atoms with E-state index in [9.17, 15) is 8.42 Å². The molecule has 2 rings (SSSR count). The van der Waals surface area contributed by atoms with Gasteiger partial charge in [-0.05, 0) is 30.3 Å². The molecule has 0 aliphatic carbocycles. The van der Waals surface area contributed by atoms with Gasteiger partial charge in [-0.2, -0.15) is 0 Å². The van der Waals surface area contributed by atoms with Crippen LogP contribution in [-0.4, -0.2) is 40.4 Å². The van der Waals surface area contributed by atoms with Gasteiger partial charge in [0.1, 0.15) is 0 Å². The minimum atomic E-state index is -3.40. The summed E-state index contributed by atoms with van der Waals surface area (Å²) in [5, 5.41) is 3.29. The predicted molar refractivity (Wildman–Crippen MR) is 101 cm³/mol. The third-order valence-electron chi connectivity index (χ3n) is 3.79. The molecule has 0 aliphatic rings. The normalized spacial score (nSPS) is 12.0. The van der Waals surface area contributed by atoms with Gasteiger partial charge in [0.05, 0.1) is 4.90 Å². The molecule has 0 radical (unpaired) electrons. The molecule has 0 bridgehead atoms. The van der Waals surface area contributed by atoms with Crippen LogP contribution in [-0.2, 0) is 23.1 Å². The van der Waals surface area contributed by atoms with E-state index in [1.165, 1.54) is 12.6 Å². The number of nitrogens with zero attached hydrogens (tertiary/aromatic N) is 2. The Kier molecular flexibility index (Phi) is 6.55. The van der Waals surface area contributed by atoms with Crippen LogP contribution >= 0.6 is 0 Å². The van der Waals surface area contributed by atoms with Gasteiger partial charge >= 0.3 is 0 Å². The maximum atomic E-state index is 11.7. The van der Waals surface area contributed by atoms with Crippen LogP contribution in [0.4, 0.5) is 0 Å². The molecule has 7 heteroatoms. The quantitative estimate of drug-likeness (QED) is 0.609. The molecule has 0 spiro atoms. The Hall–Kier alpha value is -2.38. The second kappa shape index (κ2) is 8.64. The Morgan fingerprint density at radius 3 is 2.24 bits per heavy atom. The average molecular weight is 360 g/mol. The van der Waals surface area contributed by atoms with E-state index in [-0.39, 0.29) is 4.90 Å². The van der Waals surface area contributed by atoms with Gasteiger partial charge in [0.2, 0.25) is 10.0 Å². The van der Waals surface area contributed by atoms with Crippen molar-refractivity contribution in [3.63, 3.8) is 0 Å². The highest BCUT2D eigenvalue weighted by atomic mass is 32.2. The van der Waals surface area contributed by atoms with E-state index in [2.05, 4.69) is 27.2 Å². The average Bonchev–Trinajstić information content (AvgIpc) is 2.63. The molecule has 25 heavy (non-hydrogen) atoms. The maximum Gasteiger partial charge on any atom is 0.240 e. The topological polar surface area (TPSA) is 73.8 Å². The zero-order valence-corrected chi connectivity index (χ0v) is 15.5. The Morgan fingerprint density at radius 2 is 1.68 bits per heavy atom. The summed E-state index contributed by atoms with van der Waals surface area (Å²) in [6, 6.07) is 17.0. The van der Waals surface area contributed by atoms with Crippen molar-refractivity contribution < 1.29 is 8.42 Å². The smallest absolute Gasteiger partial charge is 0.240 e. The van der Waals surface area contributed by atoms with Gasteiger partial charge in [0.15, 0.2) is 5.96 Å². The van der Waals surface area contributed by atoms with E-state index < -0.39 is 10.0 Å². The summed E-state index contributed by atoms with van der Waals surface area (Å²) in [5.41, 5.74) is 2.18. The molecule has 0 heterocycles. The molecular weight excluding hydrogens is 336 g/mol. The first-order valence-electron chi connectivity index (χ1n) is 7.94. The first kappa shape index (κ1) is 19.0. The van der Waals surface area contributed by atoms with Crippen molar-refractivity contribution in [1.29, 1.82) is 0 Å². The number of rotatable bonds is 6. The lowest BCUT2D eigenvalue weighted by molar-refractivity contribution is 0.476. The fourth-order valence-electron chi connectivity index (χ4n) is 2.40. The zero-order valence-electron chi connectivity index (χ0n) is 14.7. The molecule has 0 amide bonds. The van der Waals surface area contributed by atoms with Crippen molar-refractivity contribution in [2.24, 2.45) is 4.99 Å². The van der Waals surface area contributed by atoms with E-state index >= 15 is 0 Å².